The van der Waals surface area contributed by atoms with Gasteiger partial charge in [-0.1, -0.05) is 6.92 Å². The molecule has 0 radical (unpaired) electrons. The quantitative estimate of drug-likeness (QED) is 0.732. The molecular weight excluding hydrogens is 228 g/mol. The van der Waals surface area contributed by atoms with E-state index in [-0.39, 0.29) is 5.91 Å². The molecule has 5 nitrogen and oxygen atoms in total. The van der Waals surface area contributed by atoms with Crippen molar-refractivity contribution in [2.24, 2.45) is 5.92 Å². The van der Waals surface area contributed by atoms with Crippen LogP contribution in [0.5, 0.6) is 0 Å². The maximum atomic E-state index is 11.8. The molecule has 1 atom stereocenters. The summed E-state index contributed by atoms with van der Waals surface area (Å²) in [4.78, 5) is 11.8. The van der Waals surface area contributed by atoms with Gasteiger partial charge < -0.3 is 10.6 Å². The van der Waals surface area contributed by atoms with Crippen molar-refractivity contribution in [2.75, 3.05) is 19.6 Å². The van der Waals surface area contributed by atoms with E-state index in [1.54, 1.807) is 0 Å². The minimum Gasteiger partial charge on any atom is -0.351 e. The molecule has 5 heteroatoms. The van der Waals surface area contributed by atoms with E-state index in [1.165, 1.54) is 12.8 Å². The molecule has 100 valence electrons. The summed E-state index contributed by atoms with van der Waals surface area (Å²) in [6.45, 7) is 4.99. The Labute approximate surface area is 108 Å². The third kappa shape index (κ3) is 3.57. The molecule has 1 unspecified atom stereocenters. The summed E-state index contributed by atoms with van der Waals surface area (Å²) < 4.78 is 0. The fourth-order valence-electron chi connectivity index (χ4n) is 2.31. The Morgan fingerprint density at radius 1 is 1.61 bits per heavy atom. The zero-order valence-electron chi connectivity index (χ0n) is 11.0. The van der Waals surface area contributed by atoms with Crippen molar-refractivity contribution in [3.05, 3.63) is 17.5 Å². The maximum Gasteiger partial charge on any atom is 0.271 e. The second kappa shape index (κ2) is 6.54. The summed E-state index contributed by atoms with van der Waals surface area (Å²) in [5.41, 5.74) is 1.49. The second-order valence-corrected chi connectivity index (χ2v) is 4.89. The molecule has 0 saturated carbocycles. The smallest absolute Gasteiger partial charge is 0.271 e. The van der Waals surface area contributed by atoms with Crippen LogP contribution >= 0.6 is 0 Å². The number of carbonyl (C=O) groups excluding carboxylic acids is 1. The normalized spacial score (nSPS) is 19.7. The number of nitrogens with one attached hydrogen (secondary N) is 3. The van der Waals surface area contributed by atoms with Gasteiger partial charge in [-0.3, -0.25) is 9.89 Å². The van der Waals surface area contributed by atoms with Gasteiger partial charge in [-0.15, -0.1) is 0 Å². The van der Waals surface area contributed by atoms with Gasteiger partial charge in [0.1, 0.15) is 5.69 Å². The molecule has 1 aromatic rings. The lowest BCUT2D eigenvalue weighted by molar-refractivity contribution is 0.0945. The summed E-state index contributed by atoms with van der Waals surface area (Å²) in [5, 5.41) is 13.2. The fourth-order valence-corrected chi connectivity index (χ4v) is 2.31. The average Bonchev–Trinajstić information content (AvgIpc) is 2.89. The first-order chi connectivity index (χ1) is 8.79. The SMILES string of the molecule is CCc1cc(C(=O)NCCC2CCCNC2)n[nH]1. The maximum absolute atomic E-state index is 11.8. The van der Waals surface area contributed by atoms with E-state index < -0.39 is 0 Å². The van der Waals surface area contributed by atoms with Crippen molar-refractivity contribution in [2.45, 2.75) is 32.6 Å². The highest BCUT2D eigenvalue weighted by Gasteiger charge is 2.14. The van der Waals surface area contributed by atoms with Crippen LogP contribution in [-0.4, -0.2) is 35.7 Å². The molecule has 1 amide bonds. The highest BCUT2D eigenvalue weighted by molar-refractivity contribution is 5.92. The van der Waals surface area contributed by atoms with Gasteiger partial charge in [-0.25, -0.2) is 0 Å². The Balaban J connectivity index is 1.70. The molecule has 18 heavy (non-hydrogen) atoms. The predicted molar refractivity (Wildman–Crippen MR) is 70.5 cm³/mol. The van der Waals surface area contributed by atoms with Crippen LogP contribution in [0.2, 0.25) is 0 Å². The number of rotatable bonds is 5. The standard InChI is InChI=1S/C13H22N4O/c1-2-11-8-12(17-16-11)13(18)15-7-5-10-4-3-6-14-9-10/h8,10,14H,2-7,9H2,1H3,(H,15,18)(H,16,17). The summed E-state index contributed by atoms with van der Waals surface area (Å²) >= 11 is 0. The van der Waals surface area contributed by atoms with E-state index >= 15 is 0 Å². The van der Waals surface area contributed by atoms with E-state index in [0.717, 1.165) is 38.2 Å². The van der Waals surface area contributed by atoms with Crippen LogP contribution in [0.15, 0.2) is 6.07 Å². The van der Waals surface area contributed by atoms with E-state index in [0.29, 0.717) is 11.6 Å². The molecule has 3 N–H and O–H groups in total. The van der Waals surface area contributed by atoms with Gasteiger partial charge >= 0.3 is 0 Å². The van der Waals surface area contributed by atoms with Gasteiger partial charge in [0.05, 0.1) is 0 Å². The van der Waals surface area contributed by atoms with Crippen molar-refractivity contribution < 1.29 is 4.79 Å². The second-order valence-electron chi connectivity index (χ2n) is 4.89. The van der Waals surface area contributed by atoms with Crippen molar-refractivity contribution >= 4 is 5.91 Å². The molecule has 0 aromatic carbocycles. The van der Waals surface area contributed by atoms with Crippen LogP contribution in [0, 0.1) is 5.92 Å². The molecule has 1 aromatic heterocycles. The number of hydrogen-bond donors (Lipinski definition) is 3. The number of amides is 1. The van der Waals surface area contributed by atoms with Crippen LogP contribution in [0.4, 0.5) is 0 Å². The molecule has 1 fully saturated rings. The third-order valence-electron chi connectivity index (χ3n) is 3.48. The zero-order chi connectivity index (χ0) is 12.8. The lowest BCUT2D eigenvalue weighted by atomic mass is 9.96. The molecule has 1 saturated heterocycles. The van der Waals surface area contributed by atoms with Gasteiger partial charge in [0.15, 0.2) is 0 Å². The van der Waals surface area contributed by atoms with Crippen LogP contribution in [0.1, 0.15) is 42.4 Å². The first-order valence-electron chi connectivity index (χ1n) is 6.82. The fraction of sp³-hybridized carbons (Fsp3) is 0.692. The number of hydrogen-bond acceptors (Lipinski definition) is 3. The highest BCUT2D eigenvalue weighted by atomic mass is 16.1. The van der Waals surface area contributed by atoms with Gasteiger partial charge in [0, 0.05) is 12.2 Å². The molecule has 1 aliphatic rings. The topological polar surface area (TPSA) is 69.8 Å². The van der Waals surface area contributed by atoms with Gasteiger partial charge in [-0.2, -0.15) is 5.10 Å². The molecule has 0 spiro atoms. The minimum atomic E-state index is -0.0743. The summed E-state index contributed by atoms with van der Waals surface area (Å²) in [5.74, 6) is 0.624. The molecule has 0 aliphatic carbocycles. The summed E-state index contributed by atoms with van der Waals surface area (Å²) in [6.07, 6.45) is 4.43. The van der Waals surface area contributed by atoms with Crippen molar-refractivity contribution in [3.63, 3.8) is 0 Å². The first-order valence-corrected chi connectivity index (χ1v) is 6.82. The molecule has 0 bridgehead atoms. The number of aromatic nitrogens is 2. The summed E-state index contributed by atoms with van der Waals surface area (Å²) in [7, 11) is 0. The van der Waals surface area contributed by atoms with E-state index in [2.05, 4.69) is 20.8 Å². The third-order valence-corrected chi connectivity index (χ3v) is 3.48. The van der Waals surface area contributed by atoms with Crippen LogP contribution in [-0.2, 0) is 6.42 Å². The average molecular weight is 250 g/mol. The van der Waals surface area contributed by atoms with Gasteiger partial charge in [-0.05, 0) is 50.8 Å². The molecule has 2 heterocycles. The Bertz CT molecular complexity index is 382. The van der Waals surface area contributed by atoms with Gasteiger partial charge in [0.25, 0.3) is 5.91 Å². The molecular formula is C13H22N4O. The van der Waals surface area contributed by atoms with Crippen molar-refractivity contribution in [1.82, 2.24) is 20.8 Å². The number of aromatic amines is 1. The number of carbonyl (C=O) groups is 1. The number of nitrogens with zero attached hydrogens (tertiary/aromatic N) is 1. The Morgan fingerprint density at radius 2 is 2.50 bits per heavy atom. The molecule has 1 aliphatic heterocycles. The minimum absolute atomic E-state index is 0.0743. The Hall–Kier alpha value is -1.36. The zero-order valence-corrected chi connectivity index (χ0v) is 11.0. The van der Waals surface area contributed by atoms with Crippen molar-refractivity contribution in [1.29, 1.82) is 0 Å². The predicted octanol–water partition coefficient (Wildman–Crippen LogP) is 1.09. The van der Waals surface area contributed by atoms with Crippen LogP contribution in [0.25, 0.3) is 0 Å². The van der Waals surface area contributed by atoms with Gasteiger partial charge in [0.2, 0.25) is 0 Å². The van der Waals surface area contributed by atoms with E-state index in [1.807, 2.05) is 13.0 Å². The largest absolute Gasteiger partial charge is 0.351 e. The highest BCUT2D eigenvalue weighted by Crippen LogP contribution is 2.12. The number of piperidine rings is 1. The lowest BCUT2D eigenvalue weighted by Gasteiger charge is -2.22. The van der Waals surface area contributed by atoms with E-state index in [9.17, 15) is 4.79 Å². The van der Waals surface area contributed by atoms with Crippen LogP contribution < -0.4 is 10.6 Å². The first kappa shape index (κ1) is 13.1. The lowest BCUT2D eigenvalue weighted by Crippen LogP contribution is -2.33. The number of H-pyrrole nitrogens is 1. The van der Waals surface area contributed by atoms with Crippen molar-refractivity contribution in [3.8, 4) is 0 Å². The molecule has 2 rings (SSSR count). The van der Waals surface area contributed by atoms with E-state index in [4.69, 9.17) is 0 Å². The Kier molecular flexibility index (Phi) is 4.75. The monoisotopic (exact) mass is 250 g/mol. The number of aryl methyl sites for hydroxylation is 1. The van der Waals surface area contributed by atoms with Crippen LogP contribution in [0.3, 0.4) is 0 Å². The Morgan fingerprint density at radius 3 is 3.17 bits per heavy atom. The summed E-state index contributed by atoms with van der Waals surface area (Å²) in [6, 6.07) is 1.82.